The fourth-order valence-electron chi connectivity index (χ4n) is 8.28. The van der Waals surface area contributed by atoms with Crippen molar-refractivity contribution in [2.75, 3.05) is 33.8 Å². The molecule has 0 aromatic rings. The number of methoxy groups -OCH3 is 1. The normalized spacial score (nSPS) is 28.6. The van der Waals surface area contributed by atoms with Gasteiger partial charge in [-0.3, -0.25) is 4.79 Å². The van der Waals surface area contributed by atoms with Crippen LogP contribution < -0.4 is 26.6 Å². The van der Waals surface area contributed by atoms with Gasteiger partial charge in [0, 0.05) is 20.1 Å². The molecule has 1 heterocycles. The number of hydrogen-bond acceptors (Lipinski definition) is 20. The largest absolute Gasteiger partial charge is 0.467 e. The van der Waals surface area contributed by atoms with Crippen LogP contribution in [0.5, 0.6) is 0 Å². The number of aliphatic hydroxyl groups excluding tert-OH is 4. The van der Waals surface area contributed by atoms with Crippen LogP contribution in [-0.4, -0.2) is 202 Å². The van der Waals surface area contributed by atoms with Gasteiger partial charge in [0.1, 0.15) is 58.7 Å². The minimum atomic E-state index is -1.88. The Morgan fingerprint density at radius 2 is 1.27 bits per heavy atom. The van der Waals surface area contributed by atoms with Gasteiger partial charge in [-0.25, -0.2) is 24.0 Å². The minimum absolute atomic E-state index is 0.0355. The number of nitrogens with zero attached hydrogens (tertiary/aromatic N) is 1. The molecule has 25 heteroatoms. The van der Waals surface area contributed by atoms with E-state index in [4.69, 9.17) is 33.2 Å². The van der Waals surface area contributed by atoms with Crippen molar-refractivity contribution in [1.29, 1.82) is 0 Å². The average Bonchev–Trinajstić information content (AvgIpc) is 3.21. The number of nitrogens with one attached hydrogen (secondary N) is 5. The Hall–Kier alpha value is -4.76. The smallest absolute Gasteiger partial charge is 0.410 e. The lowest BCUT2D eigenvalue weighted by Gasteiger charge is -2.51. The molecule has 0 bridgehead atoms. The van der Waals surface area contributed by atoms with Crippen molar-refractivity contribution in [1.82, 2.24) is 31.5 Å². The number of carbonyl (C=O) groups is 6. The van der Waals surface area contributed by atoms with Crippen molar-refractivity contribution >= 4 is 36.2 Å². The summed E-state index contributed by atoms with van der Waals surface area (Å²) in [6.07, 6.45) is -15.1. The second-order valence-corrected chi connectivity index (χ2v) is 22.8. The van der Waals surface area contributed by atoms with Crippen molar-refractivity contribution in [3.63, 3.8) is 0 Å². The molecule has 73 heavy (non-hydrogen) atoms. The van der Waals surface area contributed by atoms with Crippen LogP contribution in [0.25, 0.3) is 0 Å². The first-order valence-electron chi connectivity index (χ1n) is 24.5. The zero-order valence-electron chi connectivity index (χ0n) is 45.1. The van der Waals surface area contributed by atoms with Crippen LogP contribution in [0.1, 0.15) is 122 Å². The van der Waals surface area contributed by atoms with E-state index < -0.39 is 137 Å². The lowest BCUT2D eigenvalue weighted by atomic mass is 9.77. The Bertz CT molecular complexity index is 1910. The first kappa shape index (κ1) is 62.5. The third kappa shape index (κ3) is 20.5. The summed E-state index contributed by atoms with van der Waals surface area (Å²) in [5, 5.41) is 71.0. The van der Waals surface area contributed by atoms with Gasteiger partial charge in [-0.1, -0.05) is 0 Å². The highest BCUT2D eigenvalue weighted by atomic mass is 16.7. The number of likely N-dealkylation sites (N-methyl/N-ethyl adjacent to an activating group) is 1. The Morgan fingerprint density at radius 1 is 0.753 bits per heavy atom. The van der Waals surface area contributed by atoms with E-state index in [9.17, 15) is 54.3 Å². The van der Waals surface area contributed by atoms with Gasteiger partial charge in [0.25, 0.3) is 0 Å². The third-order valence-corrected chi connectivity index (χ3v) is 11.4. The van der Waals surface area contributed by atoms with E-state index in [0.29, 0.717) is 0 Å². The first-order chi connectivity index (χ1) is 33.4. The molecule has 420 valence electrons. The SMILES string of the molecule is COC(=O)[C@@H](O)CNCC1=CC[C@@H](NC(=O)OC(C)(C)C)[C@@H](O[C@H]2[C@H](O)[C@@H](O[C@H]3CC[C@](C)(O)[C@H](N(C)C(=O)OC(C)(C)C)[C@H]3O)[C@H](NC(=O)[C@@H](O)CCNC(=O)OC(C)(C)C)C[C@@H]2NC(=O)OC(C)(C)C)O1. The summed E-state index contributed by atoms with van der Waals surface area (Å²) in [4.78, 5) is 79.3. The van der Waals surface area contributed by atoms with E-state index in [-0.39, 0.29) is 57.5 Å². The lowest BCUT2D eigenvalue weighted by Crippen LogP contribution is -2.69. The average molecular weight is 1050 g/mol. The number of amides is 5. The maximum atomic E-state index is 13.9. The highest BCUT2D eigenvalue weighted by molar-refractivity contribution is 5.81. The monoisotopic (exact) mass is 1050 g/mol. The van der Waals surface area contributed by atoms with Gasteiger partial charge in [0.15, 0.2) is 6.10 Å². The van der Waals surface area contributed by atoms with Crippen LogP contribution in [-0.2, 0) is 47.5 Å². The number of rotatable bonds is 17. The van der Waals surface area contributed by atoms with Gasteiger partial charge in [0.05, 0.1) is 49.5 Å². The van der Waals surface area contributed by atoms with E-state index in [2.05, 4.69) is 31.3 Å². The first-order valence-corrected chi connectivity index (χ1v) is 24.5. The van der Waals surface area contributed by atoms with Crippen molar-refractivity contribution in [3.8, 4) is 0 Å². The topological polar surface area (TPSA) is 341 Å². The van der Waals surface area contributed by atoms with Gasteiger partial charge in [0.2, 0.25) is 12.2 Å². The molecule has 0 spiro atoms. The summed E-state index contributed by atoms with van der Waals surface area (Å²) >= 11 is 0. The molecule has 0 unspecified atom stereocenters. The van der Waals surface area contributed by atoms with Gasteiger partial charge in [-0.15, -0.1) is 0 Å². The maximum absolute atomic E-state index is 13.9. The second-order valence-electron chi connectivity index (χ2n) is 22.8. The molecule has 0 aromatic heterocycles. The molecular formula is C48H84N6O19. The second kappa shape index (κ2) is 25.7. The van der Waals surface area contributed by atoms with Crippen molar-refractivity contribution in [3.05, 3.63) is 11.8 Å². The summed E-state index contributed by atoms with van der Waals surface area (Å²) in [6, 6.07) is -4.94. The number of aliphatic hydroxyl groups is 5. The molecule has 0 radical (unpaired) electrons. The Kier molecular flexibility index (Phi) is 22.0. The lowest BCUT2D eigenvalue weighted by molar-refractivity contribution is -0.246. The summed E-state index contributed by atoms with van der Waals surface area (Å²) in [5.74, 6) is -1.63. The molecule has 2 aliphatic carbocycles. The van der Waals surface area contributed by atoms with E-state index in [1.54, 1.807) is 89.2 Å². The van der Waals surface area contributed by atoms with Crippen LogP contribution in [0.4, 0.5) is 19.2 Å². The molecule has 13 atom stereocenters. The van der Waals surface area contributed by atoms with E-state index in [1.807, 2.05) is 0 Å². The van der Waals surface area contributed by atoms with Crippen molar-refractivity contribution in [2.24, 2.45) is 0 Å². The highest BCUT2D eigenvalue weighted by Gasteiger charge is 2.54. The quantitative estimate of drug-likeness (QED) is 0.0726. The summed E-state index contributed by atoms with van der Waals surface area (Å²) < 4.78 is 45.9. The zero-order valence-corrected chi connectivity index (χ0v) is 45.1. The number of esters is 1. The minimum Gasteiger partial charge on any atom is -0.467 e. The zero-order chi connectivity index (χ0) is 55.6. The molecule has 2 fully saturated rings. The van der Waals surface area contributed by atoms with Gasteiger partial charge in [-0.2, -0.15) is 0 Å². The molecule has 2 saturated carbocycles. The number of alkyl carbamates (subject to hydrolysis) is 3. The molecule has 3 rings (SSSR count). The molecule has 25 nitrogen and oxygen atoms in total. The predicted octanol–water partition coefficient (Wildman–Crippen LogP) is 1.33. The predicted molar refractivity (Wildman–Crippen MR) is 259 cm³/mol. The summed E-state index contributed by atoms with van der Waals surface area (Å²) in [5.41, 5.74) is -5.38. The highest BCUT2D eigenvalue weighted by Crippen LogP contribution is 2.38. The fourth-order valence-corrected chi connectivity index (χ4v) is 8.28. The Morgan fingerprint density at radius 3 is 1.82 bits per heavy atom. The molecule has 10 N–H and O–H groups in total. The summed E-state index contributed by atoms with van der Waals surface area (Å²) in [7, 11) is 2.47. The Labute approximate surface area is 428 Å². The number of hydrogen-bond donors (Lipinski definition) is 10. The number of ether oxygens (including phenoxy) is 8. The van der Waals surface area contributed by atoms with Gasteiger partial charge < -0.3 is 94.9 Å². The Balaban J connectivity index is 2.12. The van der Waals surface area contributed by atoms with Crippen molar-refractivity contribution < 1.29 is 92.2 Å². The fraction of sp³-hybridized carbons (Fsp3) is 0.833. The van der Waals surface area contributed by atoms with Crippen LogP contribution >= 0.6 is 0 Å². The standard InChI is InChI=1S/C48H84N6O19/c1-44(2,3)70-40(61)50-21-19-29(55)37(59)51-27-22-28(53-42(63)72-46(7,8)9)35(33(58)34(27)68-31-18-20-48(13,65)36(32(31)57)54(14)43(64)73-47(10,11)12)69-39-26(52-41(62)71-45(4,5)6)17-16-25(67-39)23-49-24-30(56)38(60)66-15/h16,26-36,39,49,55-58,65H,17-24H2,1-15H3,(H,50,61)(H,51,59)(H,52,62)(H,53,63)/t26-,27-,28+,29+,30+,31+,32+,33-,34+,35-,36-,39-,48+/m1/s1. The van der Waals surface area contributed by atoms with Gasteiger partial charge >= 0.3 is 30.3 Å². The van der Waals surface area contributed by atoms with Crippen LogP contribution in [0, 0.1) is 0 Å². The van der Waals surface area contributed by atoms with E-state index in [0.717, 1.165) is 12.0 Å². The molecular weight excluding hydrogens is 965 g/mol. The summed E-state index contributed by atoms with van der Waals surface area (Å²) in [6.45, 7) is 20.7. The van der Waals surface area contributed by atoms with Crippen LogP contribution in [0.2, 0.25) is 0 Å². The third-order valence-electron chi connectivity index (χ3n) is 11.4. The molecule has 5 amide bonds. The van der Waals surface area contributed by atoms with E-state index >= 15 is 0 Å². The van der Waals surface area contributed by atoms with E-state index in [1.165, 1.54) is 14.0 Å². The molecule has 0 aromatic carbocycles. The number of carbonyl (C=O) groups excluding carboxylic acids is 6. The van der Waals surface area contributed by atoms with Crippen LogP contribution in [0.15, 0.2) is 11.8 Å². The molecule has 1 aliphatic heterocycles. The molecule has 0 saturated heterocycles. The van der Waals surface area contributed by atoms with Crippen LogP contribution in [0.3, 0.4) is 0 Å². The van der Waals surface area contributed by atoms with Gasteiger partial charge in [-0.05, 0) is 128 Å². The van der Waals surface area contributed by atoms with Crippen molar-refractivity contribution in [2.45, 2.75) is 223 Å². The molecule has 3 aliphatic rings. The maximum Gasteiger partial charge on any atom is 0.410 e.